The van der Waals surface area contributed by atoms with Gasteiger partial charge in [-0.25, -0.2) is 0 Å². The van der Waals surface area contributed by atoms with Crippen molar-refractivity contribution in [2.24, 2.45) is 0 Å². The predicted octanol–water partition coefficient (Wildman–Crippen LogP) is 0.609. The van der Waals surface area contributed by atoms with E-state index in [2.05, 4.69) is 22.5 Å². The van der Waals surface area contributed by atoms with Crippen LogP contribution in [0.25, 0.3) is 0 Å². The predicted molar refractivity (Wildman–Crippen MR) is 77.2 cm³/mol. The van der Waals surface area contributed by atoms with Crippen LogP contribution in [0.4, 0.5) is 11.4 Å². The molecule has 0 spiro atoms. The number of nitrogens with one attached hydrogen (secondary N) is 1. The second-order valence-corrected chi connectivity index (χ2v) is 7.43. The van der Waals surface area contributed by atoms with Crippen LogP contribution in [0.2, 0.25) is 0 Å². The highest BCUT2D eigenvalue weighted by atomic mass is 79.9. The molecule has 5 N–H and O–H groups in total. The van der Waals surface area contributed by atoms with E-state index in [1.165, 1.54) is 0 Å². The molecule has 1 amide bonds. The Morgan fingerprint density at radius 2 is 1.62 bits per heavy atom. The third-order valence-electron chi connectivity index (χ3n) is 2.16. The summed E-state index contributed by atoms with van der Waals surface area (Å²) in [6, 6.07) is 1.19. The van der Waals surface area contributed by atoms with Gasteiger partial charge in [0.05, 0.1) is 15.9 Å². The molecule has 0 aliphatic carbocycles. The van der Waals surface area contributed by atoms with Crippen LogP contribution in [0, 0.1) is 0 Å². The highest BCUT2D eigenvalue weighted by molar-refractivity contribution is 9.12. The fraction of sp³-hybridized carbons (Fsp3) is 0. The molecule has 12 heteroatoms. The first-order valence-electron chi connectivity index (χ1n) is 4.88. The lowest BCUT2D eigenvalue weighted by Gasteiger charge is -2.12. The first-order valence-corrected chi connectivity index (χ1v) is 8.55. The van der Waals surface area contributed by atoms with Crippen molar-refractivity contribution < 1.29 is 30.7 Å². The van der Waals surface area contributed by atoms with Crippen LogP contribution in [0.15, 0.2) is 33.0 Å². The molecule has 116 valence electrons. The highest BCUT2D eigenvalue weighted by Crippen LogP contribution is 2.30. The Labute approximate surface area is 128 Å². The minimum absolute atomic E-state index is 0.186. The number of halogens is 1. The molecule has 0 aliphatic heterocycles. The summed E-state index contributed by atoms with van der Waals surface area (Å²) in [6.45, 7) is 3.23. The summed E-state index contributed by atoms with van der Waals surface area (Å²) in [5, 5.41) is 2.00. The highest BCUT2D eigenvalue weighted by Gasteiger charge is 2.24. The molecule has 1 aromatic rings. The molecule has 0 unspecified atom stereocenters. The van der Waals surface area contributed by atoms with E-state index in [9.17, 15) is 21.6 Å². The maximum absolute atomic E-state index is 11.5. The van der Waals surface area contributed by atoms with Crippen molar-refractivity contribution in [2.45, 2.75) is 9.79 Å². The molecular weight excluding hydrogens is 392 g/mol. The number of benzene rings is 1. The van der Waals surface area contributed by atoms with Crippen LogP contribution in [0.3, 0.4) is 0 Å². The summed E-state index contributed by atoms with van der Waals surface area (Å²) in [5.41, 5.74) is 4.09. The Hall–Kier alpha value is -1.47. The smallest absolute Gasteiger partial charge is 0.296 e. The van der Waals surface area contributed by atoms with E-state index in [0.29, 0.717) is 12.1 Å². The second kappa shape index (κ2) is 5.73. The van der Waals surface area contributed by atoms with Gasteiger partial charge in [0.25, 0.3) is 26.1 Å². The van der Waals surface area contributed by atoms with Gasteiger partial charge in [-0.15, -0.1) is 0 Å². The van der Waals surface area contributed by atoms with Crippen molar-refractivity contribution in [3.8, 4) is 0 Å². The first-order chi connectivity index (χ1) is 9.34. The van der Waals surface area contributed by atoms with Crippen LogP contribution in [-0.2, 0) is 25.0 Å². The normalized spacial score (nSPS) is 12.0. The van der Waals surface area contributed by atoms with Gasteiger partial charge in [-0.05, 0) is 28.1 Å². The fourth-order valence-corrected chi connectivity index (χ4v) is 2.69. The Morgan fingerprint density at radius 1 is 1.14 bits per heavy atom. The summed E-state index contributed by atoms with van der Waals surface area (Å²) >= 11 is 2.73. The molecule has 0 bridgehead atoms. The molecule has 0 aliphatic rings. The van der Waals surface area contributed by atoms with E-state index in [1.807, 2.05) is 5.32 Å². The van der Waals surface area contributed by atoms with E-state index in [1.54, 1.807) is 0 Å². The topological polar surface area (TPSA) is 164 Å². The van der Waals surface area contributed by atoms with Gasteiger partial charge in [0, 0.05) is 0 Å². The zero-order chi connectivity index (χ0) is 16.6. The molecule has 0 fully saturated rings. The van der Waals surface area contributed by atoms with E-state index >= 15 is 0 Å². The molecule has 1 aromatic carbocycles. The lowest BCUT2D eigenvalue weighted by Crippen LogP contribution is -2.16. The van der Waals surface area contributed by atoms with Crippen molar-refractivity contribution in [3.63, 3.8) is 0 Å². The standard InChI is InChI=1S/C9H9BrN2O7S2/c1-4(10)9(13)12-6-3-7(20(14,15)16)5(11)2-8(6)21(17,18)19/h2-3H,1,11H2,(H,12,13)(H,14,15,16)(H,17,18,19). The number of carbonyl (C=O) groups excluding carboxylic acids is 1. The van der Waals surface area contributed by atoms with Gasteiger partial charge >= 0.3 is 0 Å². The van der Waals surface area contributed by atoms with Gasteiger partial charge in [0.2, 0.25) is 0 Å². The Kier molecular flexibility index (Phi) is 4.80. The van der Waals surface area contributed by atoms with Gasteiger partial charge in [0.15, 0.2) is 0 Å². The fourth-order valence-electron chi connectivity index (χ4n) is 1.30. The van der Waals surface area contributed by atoms with Crippen molar-refractivity contribution in [2.75, 3.05) is 11.1 Å². The maximum Gasteiger partial charge on any atom is 0.296 e. The summed E-state index contributed by atoms with van der Waals surface area (Å²) in [6.07, 6.45) is 0. The minimum atomic E-state index is -4.81. The van der Waals surface area contributed by atoms with Gasteiger partial charge in [0.1, 0.15) is 9.79 Å². The quantitative estimate of drug-likeness (QED) is 0.324. The average molecular weight is 401 g/mol. The largest absolute Gasteiger partial charge is 0.398 e. The second-order valence-electron chi connectivity index (χ2n) is 3.70. The van der Waals surface area contributed by atoms with Crippen molar-refractivity contribution in [1.82, 2.24) is 0 Å². The minimum Gasteiger partial charge on any atom is -0.398 e. The third kappa shape index (κ3) is 4.25. The molecule has 0 radical (unpaired) electrons. The summed E-state index contributed by atoms with van der Waals surface area (Å²) < 4.78 is 62.5. The van der Waals surface area contributed by atoms with Crippen molar-refractivity contribution in [3.05, 3.63) is 23.2 Å². The summed E-state index contributed by atoms with van der Waals surface area (Å²) in [7, 11) is -9.57. The van der Waals surface area contributed by atoms with Crippen LogP contribution in [0.5, 0.6) is 0 Å². The average Bonchev–Trinajstić information content (AvgIpc) is 2.27. The molecule has 21 heavy (non-hydrogen) atoms. The third-order valence-corrected chi connectivity index (χ3v) is 4.33. The lowest BCUT2D eigenvalue weighted by atomic mass is 10.2. The molecule has 0 atom stereocenters. The van der Waals surface area contributed by atoms with Gasteiger partial charge < -0.3 is 11.1 Å². The first kappa shape index (κ1) is 17.6. The number of hydrogen-bond donors (Lipinski definition) is 4. The van der Waals surface area contributed by atoms with E-state index in [0.717, 1.165) is 0 Å². The number of nitrogens with two attached hydrogens (primary N) is 1. The number of amides is 1. The van der Waals surface area contributed by atoms with Crippen molar-refractivity contribution >= 4 is 53.4 Å². The Balaban J connectivity index is 3.65. The van der Waals surface area contributed by atoms with Gasteiger partial charge in [-0.3, -0.25) is 13.9 Å². The molecule has 0 saturated heterocycles. The molecule has 0 heterocycles. The van der Waals surface area contributed by atoms with Crippen LogP contribution < -0.4 is 11.1 Å². The van der Waals surface area contributed by atoms with E-state index in [4.69, 9.17) is 14.8 Å². The van der Waals surface area contributed by atoms with Crippen LogP contribution >= 0.6 is 15.9 Å². The molecule has 0 aromatic heterocycles. The number of anilines is 2. The molecular formula is C9H9BrN2O7S2. The van der Waals surface area contributed by atoms with E-state index < -0.39 is 47.3 Å². The van der Waals surface area contributed by atoms with Crippen LogP contribution in [-0.4, -0.2) is 31.8 Å². The number of hydrogen-bond acceptors (Lipinski definition) is 6. The maximum atomic E-state index is 11.5. The number of carbonyl (C=O) groups is 1. The van der Waals surface area contributed by atoms with Gasteiger partial charge in [-0.2, -0.15) is 16.8 Å². The van der Waals surface area contributed by atoms with Gasteiger partial charge in [-0.1, -0.05) is 6.58 Å². The molecule has 1 rings (SSSR count). The van der Waals surface area contributed by atoms with E-state index in [-0.39, 0.29) is 4.48 Å². The lowest BCUT2D eigenvalue weighted by molar-refractivity contribution is -0.112. The zero-order valence-corrected chi connectivity index (χ0v) is 13.3. The molecule has 0 saturated carbocycles. The number of nitrogen functional groups attached to an aromatic ring is 1. The zero-order valence-electron chi connectivity index (χ0n) is 10.1. The van der Waals surface area contributed by atoms with Crippen LogP contribution in [0.1, 0.15) is 0 Å². The Morgan fingerprint density at radius 3 is 2.00 bits per heavy atom. The summed E-state index contributed by atoms with van der Waals surface area (Å²) in [5.74, 6) is -0.897. The monoisotopic (exact) mass is 400 g/mol. The van der Waals surface area contributed by atoms with Crippen molar-refractivity contribution in [1.29, 1.82) is 0 Å². The molecule has 9 nitrogen and oxygen atoms in total. The Bertz CT molecular complexity index is 830. The number of rotatable bonds is 4. The summed E-state index contributed by atoms with van der Waals surface area (Å²) in [4.78, 5) is 9.79. The SMILES string of the molecule is C=C(Br)C(=O)Nc1cc(S(=O)(=O)O)c(N)cc1S(=O)(=O)O.